The Morgan fingerprint density at radius 1 is 1.25 bits per heavy atom. The lowest BCUT2D eigenvalue weighted by molar-refractivity contribution is -0.113. The van der Waals surface area contributed by atoms with Crippen molar-refractivity contribution in [3.63, 3.8) is 0 Å². The smallest absolute Gasteiger partial charge is 0.235 e. The number of carbonyl (C=O) groups excluding carboxylic acids is 1. The Kier molecular flexibility index (Phi) is 3.76. The number of nitrogens with one attached hydrogen (secondary N) is 1. The van der Waals surface area contributed by atoms with Crippen LogP contribution in [-0.4, -0.2) is 26.4 Å². The number of thioether (sulfide) groups is 1. The minimum atomic E-state index is 0.0133. The number of amides is 1. The van der Waals surface area contributed by atoms with Gasteiger partial charge in [-0.15, -0.1) is 11.8 Å². The van der Waals surface area contributed by atoms with Crippen LogP contribution in [0.3, 0.4) is 0 Å². The Morgan fingerprint density at radius 2 is 2.08 bits per heavy atom. The van der Waals surface area contributed by atoms with Crippen LogP contribution in [0.1, 0.15) is 36.3 Å². The minimum Gasteiger partial charge on any atom is -0.310 e. The van der Waals surface area contributed by atoms with E-state index in [9.17, 15) is 4.79 Å². The molecule has 122 valence electrons. The number of carbonyl (C=O) groups is 1. The third-order valence-corrected chi connectivity index (χ3v) is 5.45. The normalized spacial score (nSPS) is 17.6. The first-order valence-corrected chi connectivity index (χ1v) is 9.02. The zero-order chi connectivity index (χ0) is 16.7. The van der Waals surface area contributed by atoms with Gasteiger partial charge in [-0.2, -0.15) is 5.10 Å². The van der Waals surface area contributed by atoms with Crippen molar-refractivity contribution in [1.82, 2.24) is 14.8 Å². The van der Waals surface area contributed by atoms with Gasteiger partial charge in [0.1, 0.15) is 5.82 Å². The minimum absolute atomic E-state index is 0.0133. The van der Waals surface area contributed by atoms with Crippen molar-refractivity contribution in [3.8, 4) is 0 Å². The molecule has 1 N–H and O–H groups in total. The average Bonchev–Trinajstić information content (AvgIpc) is 2.91. The fraction of sp³-hybridized carbons (Fsp3) is 0.278. The largest absolute Gasteiger partial charge is 0.310 e. The van der Waals surface area contributed by atoms with Gasteiger partial charge in [0.2, 0.25) is 5.91 Å². The number of pyridine rings is 1. The number of hydrogen-bond acceptors (Lipinski definition) is 4. The molecule has 1 amide bonds. The second-order valence-corrected chi connectivity index (χ2v) is 7.24. The second kappa shape index (κ2) is 5.94. The van der Waals surface area contributed by atoms with E-state index in [0.717, 1.165) is 27.8 Å². The Hall–Kier alpha value is -2.34. The van der Waals surface area contributed by atoms with Crippen molar-refractivity contribution in [3.05, 3.63) is 53.9 Å². The summed E-state index contributed by atoms with van der Waals surface area (Å²) in [6.45, 7) is 4.12. The molecule has 6 heteroatoms. The van der Waals surface area contributed by atoms with E-state index in [1.54, 1.807) is 11.8 Å². The lowest BCUT2D eigenvalue weighted by atomic mass is 10.0. The highest BCUT2D eigenvalue weighted by Crippen LogP contribution is 2.43. The topological polar surface area (TPSA) is 59.8 Å². The first-order chi connectivity index (χ1) is 11.6. The molecule has 3 aromatic rings. The molecule has 3 heterocycles. The lowest BCUT2D eigenvalue weighted by Gasteiger charge is -2.16. The van der Waals surface area contributed by atoms with Crippen LogP contribution in [-0.2, 0) is 4.79 Å². The number of aromatic nitrogens is 3. The first kappa shape index (κ1) is 15.2. The van der Waals surface area contributed by atoms with Crippen molar-refractivity contribution in [2.75, 3.05) is 11.1 Å². The molecule has 24 heavy (non-hydrogen) atoms. The summed E-state index contributed by atoms with van der Waals surface area (Å²) in [6, 6.07) is 10.4. The molecule has 0 unspecified atom stereocenters. The molecular formula is C18H18N4OS. The van der Waals surface area contributed by atoms with E-state index in [-0.39, 0.29) is 17.2 Å². The number of fused-ring (bicyclic) bond motifs is 2. The van der Waals surface area contributed by atoms with Crippen molar-refractivity contribution in [1.29, 1.82) is 0 Å². The molecule has 4 rings (SSSR count). The van der Waals surface area contributed by atoms with Crippen molar-refractivity contribution in [2.24, 2.45) is 0 Å². The monoisotopic (exact) mass is 338 g/mol. The highest BCUT2D eigenvalue weighted by molar-refractivity contribution is 8.00. The average molecular weight is 338 g/mol. The number of para-hydroxylation sites is 1. The number of hydrogen-bond donors (Lipinski definition) is 1. The summed E-state index contributed by atoms with van der Waals surface area (Å²) in [5.74, 6) is 1.23. The summed E-state index contributed by atoms with van der Waals surface area (Å²) < 4.78 is 1.88. The van der Waals surface area contributed by atoms with Gasteiger partial charge in [0.05, 0.1) is 22.7 Å². The molecular weight excluding hydrogens is 320 g/mol. The van der Waals surface area contributed by atoms with Crippen molar-refractivity contribution in [2.45, 2.75) is 25.1 Å². The third kappa shape index (κ3) is 2.47. The third-order valence-electron chi connectivity index (χ3n) is 4.18. The van der Waals surface area contributed by atoms with E-state index >= 15 is 0 Å². The molecule has 1 aliphatic heterocycles. The first-order valence-electron chi connectivity index (χ1n) is 7.97. The van der Waals surface area contributed by atoms with Gasteiger partial charge < -0.3 is 5.32 Å². The van der Waals surface area contributed by atoms with E-state index < -0.39 is 0 Å². The van der Waals surface area contributed by atoms with Crippen LogP contribution in [0.25, 0.3) is 10.9 Å². The number of anilines is 1. The molecule has 0 radical (unpaired) electrons. The van der Waals surface area contributed by atoms with Crippen LogP contribution in [0.15, 0.2) is 42.7 Å². The maximum Gasteiger partial charge on any atom is 0.235 e. The van der Waals surface area contributed by atoms with Crippen LogP contribution < -0.4 is 5.32 Å². The van der Waals surface area contributed by atoms with Gasteiger partial charge in [-0.05, 0) is 25.5 Å². The summed E-state index contributed by atoms with van der Waals surface area (Å²) in [5, 5.41) is 8.66. The fourth-order valence-corrected chi connectivity index (χ4v) is 4.21. The fourth-order valence-electron chi connectivity index (χ4n) is 3.10. The van der Waals surface area contributed by atoms with Gasteiger partial charge >= 0.3 is 0 Å². The molecule has 0 fully saturated rings. The predicted molar refractivity (Wildman–Crippen MR) is 97.3 cm³/mol. The SMILES string of the molecule is CC(C)n1ncc2c1NC(=O)CS[C@@H]2c1cccc2cccnc12. The highest BCUT2D eigenvalue weighted by atomic mass is 32.2. The Morgan fingerprint density at radius 3 is 2.92 bits per heavy atom. The van der Waals surface area contributed by atoms with Gasteiger partial charge in [-0.3, -0.25) is 9.78 Å². The van der Waals surface area contributed by atoms with Crippen molar-refractivity contribution < 1.29 is 4.79 Å². The van der Waals surface area contributed by atoms with Crippen molar-refractivity contribution >= 4 is 34.4 Å². The summed E-state index contributed by atoms with van der Waals surface area (Å²) in [5.41, 5.74) is 3.15. The zero-order valence-electron chi connectivity index (χ0n) is 13.6. The van der Waals surface area contributed by atoms with Gasteiger partial charge in [-0.1, -0.05) is 24.3 Å². The van der Waals surface area contributed by atoms with Crippen LogP contribution in [0.5, 0.6) is 0 Å². The van der Waals surface area contributed by atoms with Crippen LogP contribution in [0, 0.1) is 0 Å². The molecule has 1 aliphatic rings. The van der Waals surface area contributed by atoms with Crippen LogP contribution in [0.4, 0.5) is 5.82 Å². The molecule has 1 aromatic carbocycles. The van der Waals surface area contributed by atoms with E-state index in [0.29, 0.717) is 5.75 Å². The molecule has 0 aliphatic carbocycles. The Balaban J connectivity index is 1.91. The standard InChI is InChI=1S/C18H18N4OS/c1-11(2)22-18-14(9-20-22)17(24-10-15(23)21-18)13-7-3-5-12-6-4-8-19-16(12)13/h3-9,11,17H,10H2,1-2H3,(H,21,23)/t17-/m1/s1. The quantitative estimate of drug-likeness (QED) is 0.772. The van der Waals surface area contributed by atoms with Gasteiger partial charge in [-0.25, -0.2) is 4.68 Å². The van der Waals surface area contributed by atoms with Crippen LogP contribution in [0.2, 0.25) is 0 Å². The van der Waals surface area contributed by atoms with Gasteiger partial charge in [0, 0.05) is 23.2 Å². The number of rotatable bonds is 2. The van der Waals surface area contributed by atoms with E-state index in [1.807, 2.05) is 29.2 Å². The van der Waals surface area contributed by atoms with Gasteiger partial charge in [0.15, 0.2) is 0 Å². The zero-order valence-corrected chi connectivity index (χ0v) is 14.4. The summed E-state index contributed by atoms with van der Waals surface area (Å²) in [7, 11) is 0. The molecule has 0 saturated carbocycles. The van der Waals surface area contributed by atoms with E-state index in [4.69, 9.17) is 0 Å². The second-order valence-electron chi connectivity index (χ2n) is 6.15. The summed E-state index contributed by atoms with van der Waals surface area (Å²) in [6.07, 6.45) is 3.69. The molecule has 0 spiro atoms. The van der Waals surface area contributed by atoms with Crippen LogP contribution >= 0.6 is 11.8 Å². The molecule has 1 atom stereocenters. The Bertz CT molecular complexity index is 913. The molecule has 5 nitrogen and oxygen atoms in total. The lowest BCUT2D eigenvalue weighted by Crippen LogP contribution is -2.17. The highest BCUT2D eigenvalue weighted by Gasteiger charge is 2.29. The number of nitrogens with zero attached hydrogens (tertiary/aromatic N) is 3. The molecule has 0 bridgehead atoms. The summed E-state index contributed by atoms with van der Waals surface area (Å²) >= 11 is 1.62. The maximum absolute atomic E-state index is 12.2. The van der Waals surface area contributed by atoms with Gasteiger partial charge in [0.25, 0.3) is 0 Å². The summed E-state index contributed by atoms with van der Waals surface area (Å²) in [4.78, 5) is 16.7. The predicted octanol–water partition coefficient (Wildman–Crippen LogP) is 3.79. The number of benzene rings is 1. The van der Waals surface area contributed by atoms with E-state index in [1.165, 1.54) is 0 Å². The molecule has 0 saturated heterocycles. The maximum atomic E-state index is 12.2. The molecule has 2 aromatic heterocycles. The van der Waals surface area contributed by atoms with E-state index in [2.05, 4.69) is 47.4 Å². The Labute approximate surface area is 144 Å².